The summed E-state index contributed by atoms with van der Waals surface area (Å²) in [5, 5.41) is 2.69. The topological polar surface area (TPSA) is 64.6 Å². The van der Waals surface area contributed by atoms with Gasteiger partial charge in [0, 0.05) is 13.0 Å². The van der Waals surface area contributed by atoms with Gasteiger partial charge in [-0.2, -0.15) is 8.78 Å². The number of hydrogen-bond donors (Lipinski definition) is 1. The van der Waals surface area contributed by atoms with E-state index in [-0.39, 0.29) is 24.2 Å². The van der Waals surface area contributed by atoms with E-state index in [4.69, 9.17) is 4.74 Å². The lowest BCUT2D eigenvalue weighted by molar-refractivity contribution is -0.149. The first-order valence-corrected chi connectivity index (χ1v) is 9.45. The minimum atomic E-state index is -2.85. The number of benzene rings is 1. The summed E-state index contributed by atoms with van der Waals surface area (Å²) >= 11 is 0. The standard InChI is InChI=1S/C20H25F2NO4/c21-20(22)27-17-5-2-13(3-6-17)7-8-23-18(24)12-26-19(25)11-16-10-14-1-4-15(16)9-14/h2-3,5-6,14-16,20H,1,4,7-12H2,(H,23,24)/t14-,15+,16+/m0/s1. The average Bonchev–Trinajstić information content (AvgIpc) is 3.24. The summed E-state index contributed by atoms with van der Waals surface area (Å²) in [6.45, 7) is -2.74. The highest BCUT2D eigenvalue weighted by molar-refractivity contribution is 5.80. The molecule has 0 unspecified atom stereocenters. The van der Waals surface area contributed by atoms with Crippen molar-refractivity contribution in [2.24, 2.45) is 17.8 Å². The Morgan fingerprint density at radius 3 is 2.56 bits per heavy atom. The van der Waals surface area contributed by atoms with Crippen molar-refractivity contribution in [1.29, 1.82) is 0 Å². The van der Waals surface area contributed by atoms with Gasteiger partial charge < -0.3 is 14.8 Å². The van der Waals surface area contributed by atoms with Crippen LogP contribution in [0.15, 0.2) is 24.3 Å². The van der Waals surface area contributed by atoms with Crippen LogP contribution in [0.4, 0.5) is 8.78 Å². The van der Waals surface area contributed by atoms with E-state index in [1.54, 1.807) is 12.1 Å². The number of nitrogens with one attached hydrogen (secondary N) is 1. The zero-order valence-electron chi connectivity index (χ0n) is 15.2. The van der Waals surface area contributed by atoms with Crippen molar-refractivity contribution in [3.8, 4) is 5.75 Å². The Morgan fingerprint density at radius 1 is 1.15 bits per heavy atom. The summed E-state index contributed by atoms with van der Waals surface area (Å²) in [4.78, 5) is 23.7. The van der Waals surface area contributed by atoms with Crippen molar-refractivity contribution in [2.45, 2.75) is 45.1 Å². The fourth-order valence-electron chi connectivity index (χ4n) is 4.28. The Balaban J connectivity index is 1.28. The summed E-state index contributed by atoms with van der Waals surface area (Å²) in [7, 11) is 0. The molecule has 2 fully saturated rings. The van der Waals surface area contributed by atoms with Crippen LogP contribution >= 0.6 is 0 Å². The molecule has 1 N–H and O–H groups in total. The van der Waals surface area contributed by atoms with Crippen LogP contribution in [0.5, 0.6) is 5.75 Å². The van der Waals surface area contributed by atoms with Gasteiger partial charge in [0.05, 0.1) is 0 Å². The van der Waals surface area contributed by atoms with Gasteiger partial charge in [0.1, 0.15) is 5.75 Å². The second kappa shape index (κ2) is 9.15. The molecule has 3 rings (SSSR count). The molecular formula is C20H25F2NO4. The minimum Gasteiger partial charge on any atom is -0.456 e. The molecule has 27 heavy (non-hydrogen) atoms. The van der Waals surface area contributed by atoms with Gasteiger partial charge in [0.15, 0.2) is 6.61 Å². The van der Waals surface area contributed by atoms with Crippen molar-refractivity contribution in [1.82, 2.24) is 5.32 Å². The number of hydrogen-bond acceptors (Lipinski definition) is 4. The van der Waals surface area contributed by atoms with Crippen LogP contribution in [0.25, 0.3) is 0 Å². The van der Waals surface area contributed by atoms with Gasteiger partial charge >= 0.3 is 12.6 Å². The number of alkyl halides is 2. The van der Waals surface area contributed by atoms with Gasteiger partial charge in [-0.25, -0.2) is 0 Å². The molecule has 3 atom stereocenters. The largest absolute Gasteiger partial charge is 0.456 e. The molecule has 148 valence electrons. The maximum Gasteiger partial charge on any atom is 0.387 e. The van der Waals surface area contributed by atoms with Crippen molar-refractivity contribution < 1.29 is 27.8 Å². The lowest BCUT2D eigenvalue weighted by Crippen LogP contribution is -2.31. The monoisotopic (exact) mass is 381 g/mol. The molecule has 0 spiro atoms. The van der Waals surface area contributed by atoms with Crippen LogP contribution in [0, 0.1) is 17.8 Å². The highest BCUT2D eigenvalue weighted by atomic mass is 19.3. The molecule has 2 aliphatic rings. The van der Waals surface area contributed by atoms with Gasteiger partial charge in [-0.15, -0.1) is 0 Å². The summed E-state index contributed by atoms with van der Waals surface area (Å²) in [6, 6.07) is 6.25. The number of carbonyl (C=O) groups excluding carboxylic acids is 2. The highest BCUT2D eigenvalue weighted by Crippen LogP contribution is 2.49. The maximum atomic E-state index is 12.1. The quantitative estimate of drug-likeness (QED) is 0.667. The van der Waals surface area contributed by atoms with Gasteiger partial charge in [0.25, 0.3) is 5.91 Å². The first kappa shape index (κ1) is 19.6. The lowest BCUT2D eigenvalue weighted by atomic mass is 9.86. The van der Waals surface area contributed by atoms with Crippen molar-refractivity contribution in [3.05, 3.63) is 29.8 Å². The first-order valence-electron chi connectivity index (χ1n) is 9.45. The van der Waals surface area contributed by atoms with Gasteiger partial charge in [-0.1, -0.05) is 18.6 Å². The second-order valence-electron chi connectivity index (χ2n) is 7.42. The van der Waals surface area contributed by atoms with Crippen molar-refractivity contribution in [3.63, 3.8) is 0 Å². The number of fused-ring (bicyclic) bond motifs is 2. The minimum absolute atomic E-state index is 0.0974. The fourth-order valence-corrected chi connectivity index (χ4v) is 4.28. The third kappa shape index (κ3) is 5.91. The van der Waals surface area contributed by atoms with E-state index in [9.17, 15) is 18.4 Å². The van der Waals surface area contributed by atoms with E-state index in [0.717, 1.165) is 17.9 Å². The molecule has 1 amide bonds. The summed E-state index contributed by atoms with van der Waals surface area (Å²) in [6.07, 6.45) is 5.83. The van der Waals surface area contributed by atoms with Crippen LogP contribution in [0.2, 0.25) is 0 Å². The predicted octanol–water partition coefficient (Wildman–Crippen LogP) is 3.32. The van der Waals surface area contributed by atoms with Crippen LogP contribution in [-0.2, 0) is 20.7 Å². The van der Waals surface area contributed by atoms with E-state index >= 15 is 0 Å². The first-order chi connectivity index (χ1) is 13.0. The Kier molecular flexibility index (Phi) is 6.63. The lowest BCUT2D eigenvalue weighted by Gasteiger charge is -2.20. The predicted molar refractivity (Wildman–Crippen MR) is 94.3 cm³/mol. The van der Waals surface area contributed by atoms with E-state index < -0.39 is 6.61 Å². The van der Waals surface area contributed by atoms with Crippen LogP contribution < -0.4 is 10.1 Å². The number of ether oxygens (including phenoxy) is 2. The molecule has 7 heteroatoms. The molecular weight excluding hydrogens is 356 g/mol. The van der Waals surface area contributed by atoms with Crippen molar-refractivity contribution in [2.75, 3.05) is 13.2 Å². The number of halogens is 2. The molecule has 2 saturated carbocycles. The van der Waals surface area contributed by atoms with E-state index in [1.165, 1.54) is 31.4 Å². The van der Waals surface area contributed by atoms with Crippen molar-refractivity contribution >= 4 is 11.9 Å². The summed E-state index contributed by atoms with van der Waals surface area (Å²) in [5.41, 5.74) is 0.880. The molecule has 2 aliphatic carbocycles. The zero-order valence-corrected chi connectivity index (χ0v) is 15.2. The van der Waals surface area contributed by atoms with Crippen LogP contribution in [0.3, 0.4) is 0 Å². The molecule has 2 bridgehead atoms. The molecule has 0 radical (unpaired) electrons. The van der Waals surface area contributed by atoms with Gasteiger partial charge in [-0.05, 0) is 61.1 Å². The molecule has 1 aromatic rings. The van der Waals surface area contributed by atoms with Gasteiger partial charge in [0.2, 0.25) is 0 Å². The Labute approximate surface area is 157 Å². The number of carbonyl (C=O) groups is 2. The number of esters is 1. The van der Waals surface area contributed by atoms with Crippen LogP contribution in [-0.4, -0.2) is 31.6 Å². The van der Waals surface area contributed by atoms with E-state index in [2.05, 4.69) is 10.1 Å². The molecule has 0 saturated heterocycles. The smallest absolute Gasteiger partial charge is 0.387 e. The summed E-state index contributed by atoms with van der Waals surface area (Å²) in [5.74, 6) is 1.34. The highest BCUT2D eigenvalue weighted by Gasteiger charge is 2.40. The third-order valence-corrected chi connectivity index (χ3v) is 5.56. The SMILES string of the molecule is O=C(COC(=O)C[C@H]1C[C@H]2CC[C@@H]1C2)NCCc1ccc(OC(F)F)cc1. The Bertz CT molecular complexity index is 650. The Morgan fingerprint density at radius 2 is 1.93 bits per heavy atom. The molecule has 0 aliphatic heterocycles. The maximum absolute atomic E-state index is 12.1. The normalized spacial score (nSPS) is 23.4. The molecule has 1 aromatic carbocycles. The molecule has 0 heterocycles. The number of rotatable bonds is 9. The third-order valence-electron chi connectivity index (χ3n) is 5.56. The summed E-state index contributed by atoms with van der Waals surface area (Å²) < 4.78 is 33.5. The fraction of sp³-hybridized carbons (Fsp3) is 0.600. The van der Waals surface area contributed by atoms with E-state index in [1.807, 2.05) is 0 Å². The van der Waals surface area contributed by atoms with E-state index in [0.29, 0.717) is 31.2 Å². The molecule has 0 aromatic heterocycles. The second-order valence-corrected chi connectivity index (χ2v) is 7.42. The van der Waals surface area contributed by atoms with Crippen LogP contribution in [0.1, 0.15) is 37.7 Å². The average molecular weight is 381 g/mol. The number of amides is 1. The zero-order chi connectivity index (χ0) is 19.2. The van der Waals surface area contributed by atoms with Gasteiger partial charge in [-0.3, -0.25) is 9.59 Å². The molecule has 5 nitrogen and oxygen atoms in total. The Hall–Kier alpha value is -2.18.